The van der Waals surface area contributed by atoms with Crippen LogP contribution in [0.2, 0.25) is 0 Å². The van der Waals surface area contributed by atoms with E-state index in [-0.39, 0.29) is 12.2 Å². The first-order chi connectivity index (χ1) is 8.04. The van der Waals surface area contributed by atoms with Gasteiger partial charge in [-0.25, -0.2) is 8.42 Å². The highest BCUT2D eigenvalue weighted by atomic mass is 32.2. The molecule has 0 amide bonds. The van der Waals surface area contributed by atoms with Gasteiger partial charge in [0.05, 0.1) is 17.9 Å². The molecule has 0 aromatic rings. The Morgan fingerprint density at radius 1 is 1.28 bits per heavy atom. The smallest absolute Gasteiger partial charge is 0.389 e. The van der Waals surface area contributed by atoms with Gasteiger partial charge in [0.2, 0.25) is 0 Å². The van der Waals surface area contributed by atoms with Crippen molar-refractivity contribution in [2.45, 2.75) is 38.3 Å². The van der Waals surface area contributed by atoms with Crippen molar-refractivity contribution in [3.8, 4) is 0 Å². The molecular formula is C10H15F3O4S. The van der Waals surface area contributed by atoms with Crippen LogP contribution in [-0.4, -0.2) is 37.2 Å². The van der Waals surface area contributed by atoms with Crippen molar-refractivity contribution in [1.29, 1.82) is 0 Å². The third kappa shape index (κ3) is 5.70. The average molecular weight is 288 g/mol. The minimum atomic E-state index is -4.35. The molecule has 1 N–H and O–H groups in total. The lowest BCUT2D eigenvalue weighted by Crippen LogP contribution is -2.23. The number of rotatable bonds is 7. The van der Waals surface area contributed by atoms with E-state index in [0.29, 0.717) is 12.8 Å². The normalized spacial score (nSPS) is 18.6. The number of carboxylic acids is 1. The van der Waals surface area contributed by atoms with Gasteiger partial charge in [-0.15, -0.1) is 0 Å². The molecule has 0 aromatic heterocycles. The number of halogens is 3. The van der Waals surface area contributed by atoms with Gasteiger partial charge < -0.3 is 5.11 Å². The fourth-order valence-corrected chi connectivity index (χ4v) is 3.95. The highest BCUT2D eigenvalue weighted by Crippen LogP contribution is 2.50. The van der Waals surface area contributed by atoms with Crippen LogP contribution in [-0.2, 0) is 14.6 Å². The second-order valence-corrected chi connectivity index (χ2v) is 7.07. The van der Waals surface area contributed by atoms with Crippen LogP contribution < -0.4 is 0 Å². The highest BCUT2D eigenvalue weighted by molar-refractivity contribution is 7.91. The van der Waals surface area contributed by atoms with Gasteiger partial charge in [0, 0.05) is 6.42 Å². The molecule has 0 spiro atoms. The minimum Gasteiger partial charge on any atom is -0.481 e. The Morgan fingerprint density at radius 2 is 1.83 bits per heavy atom. The van der Waals surface area contributed by atoms with Gasteiger partial charge in [-0.1, -0.05) is 0 Å². The fraction of sp³-hybridized carbons (Fsp3) is 0.900. The van der Waals surface area contributed by atoms with Crippen molar-refractivity contribution in [3.05, 3.63) is 0 Å². The van der Waals surface area contributed by atoms with Crippen LogP contribution in [0.15, 0.2) is 0 Å². The molecule has 1 saturated carbocycles. The third-order valence-electron chi connectivity index (χ3n) is 2.93. The summed E-state index contributed by atoms with van der Waals surface area (Å²) in [5, 5.41) is 8.63. The molecule has 0 aliphatic heterocycles. The molecule has 0 saturated heterocycles. The molecule has 0 radical (unpaired) electrons. The first-order valence-corrected chi connectivity index (χ1v) is 7.35. The Kier molecular flexibility index (Phi) is 4.30. The maximum Gasteiger partial charge on any atom is 0.389 e. The van der Waals surface area contributed by atoms with Crippen LogP contribution in [0.4, 0.5) is 13.2 Å². The van der Waals surface area contributed by atoms with E-state index in [1.54, 1.807) is 0 Å². The quantitative estimate of drug-likeness (QED) is 0.777. The molecule has 1 aliphatic carbocycles. The molecule has 0 atom stereocenters. The van der Waals surface area contributed by atoms with Crippen LogP contribution in [0.5, 0.6) is 0 Å². The molecule has 0 bridgehead atoms. The molecule has 0 unspecified atom stereocenters. The second kappa shape index (κ2) is 5.07. The molecule has 1 aliphatic rings. The molecule has 106 valence electrons. The molecule has 1 fully saturated rings. The number of sulfone groups is 1. The van der Waals surface area contributed by atoms with Gasteiger partial charge in [0.1, 0.15) is 0 Å². The van der Waals surface area contributed by atoms with E-state index >= 15 is 0 Å². The summed E-state index contributed by atoms with van der Waals surface area (Å²) in [6, 6.07) is 0. The maximum absolute atomic E-state index is 11.9. The van der Waals surface area contributed by atoms with E-state index in [1.165, 1.54) is 0 Å². The zero-order valence-corrected chi connectivity index (χ0v) is 10.5. The third-order valence-corrected chi connectivity index (χ3v) is 4.89. The van der Waals surface area contributed by atoms with Crippen LogP contribution in [0.3, 0.4) is 0 Å². The van der Waals surface area contributed by atoms with Crippen molar-refractivity contribution in [1.82, 2.24) is 0 Å². The number of carboxylic acid groups (broad SMARTS) is 1. The summed E-state index contributed by atoms with van der Waals surface area (Å²) in [6.45, 7) is 0. The molecule has 1 rings (SSSR count). The Morgan fingerprint density at radius 3 is 2.22 bits per heavy atom. The van der Waals surface area contributed by atoms with E-state index in [1.807, 2.05) is 0 Å². The molecule has 4 nitrogen and oxygen atoms in total. The maximum atomic E-state index is 11.9. The summed E-state index contributed by atoms with van der Waals surface area (Å²) in [6.07, 6.45) is -5.15. The molecule has 8 heteroatoms. The molecular weight excluding hydrogens is 273 g/mol. The molecule has 0 heterocycles. The SMILES string of the molecule is O=C(O)CC1(CS(=O)(=O)CCCC(F)(F)F)CC1. The first-order valence-electron chi connectivity index (χ1n) is 5.53. The van der Waals surface area contributed by atoms with Crippen molar-refractivity contribution >= 4 is 15.8 Å². The van der Waals surface area contributed by atoms with Crippen molar-refractivity contribution < 1.29 is 31.5 Å². The lowest BCUT2D eigenvalue weighted by molar-refractivity contribution is -0.138. The number of alkyl halides is 3. The first kappa shape index (κ1) is 15.3. The summed E-state index contributed by atoms with van der Waals surface area (Å²) >= 11 is 0. The number of hydrogen-bond acceptors (Lipinski definition) is 3. The van der Waals surface area contributed by atoms with Crippen LogP contribution in [0, 0.1) is 5.41 Å². The van der Waals surface area contributed by atoms with E-state index < -0.39 is 46.0 Å². The zero-order chi connectivity index (χ0) is 14.0. The van der Waals surface area contributed by atoms with Gasteiger partial charge in [-0.3, -0.25) is 4.79 Å². The Balaban J connectivity index is 2.43. The summed E-state index contributed by atoms with van der Waals surface area (Å²) in [4.78, 5) is 10.5. The van der Waals surface area contributed by atoms with E-state index in [2.05, 4.69) is 0 Å². The standard InChI is InChI=1S/C10H15F3O4S/c11-10(12,13)2-1-5-18(16,17)7-9(3-4-9)6-8(14)15/h1-7H2,(H,14,15). The Bertz CT molecular complexity index is 409. The van der Waals surface area contributed by atoms with Gasteiger partial charge in [-0.05, 0) is 24.7 Å². The van der Waals surface area contributed by atoms with Gasteiger partial charge in [0.15, 0.2) is 9.84 Å². The largest absolute Gasteiger partial charge is 0.481 e. The summed E-state index contributed by atoms with van der Waals surface area (Å²) in [5.74, 6) is -1.92. The van der Waals surface area contributed by atoms with Crippen LogP contribution in [0.1, 0.15) is 32.1 Å². The summed E-state index contributed by atoms with van der Waals surface area (Å²) in [5.41, 5.74) is -0.733. The second-order valence-electron chi connectivity index (χ2n) is 4.88. The van der Waals surface area contributed by atoms with E-state index in [9.17, 15) is 26.4 Å². The predicted molar refractivity (Wildman–Crippen MR) is 57.9 cm³/mol. The topological polar surface area (TPSA) is 71.4 Å². The van der Waals surface area contributed by atoms with Crippen LogP contribution >= 0.6 is 0 Å². The lowest BCUT2D eigenvalue weighted by Gasteiger charge is -2.13. The van der Waals surface area contributed by atoms with Gasteiger partial charge in [-0.2, -0.15) is 13.2 Å². The van der Waals surface area contributed by atoms with E-state index in [0.717, 1.165) is 0 Å². The lowest BCUT2D eigenvalue weighted by atomic mass is 10.1. The number of carbonyl (C=O) groups is 1. The highest BCUT2D eigenvalue weighted by Gasteiger charge is 2.47. The number of aliphatic carboxylic acids is 1. The number of hydrogen-bond donors (Lipinski definition) is 1. The zero-order valence-electron chi connectivity index (χ0n) is 9.66. The van der Waals surface area contributed by atoms with Gasteiger partial charge in [0.25, 0.3) is 0 Å². The average Bonchev–Trinajstić information content (AvgIpc) is 2.78. The Hall–Kier alpha value is -0.790. The van der Waals surface area contributed by atoms with Crippen molar-refractivity contribution in [2.75, 3.05) is 11.5 Å². The van der Waals surface area contributed by atoms with Crippen LogP contribution in [0.25, 0.3) is 0 Å². The van der Waals surface area contributed by atoms with E-state index in [4.69, 9.17) is 5.11 Å². The summed E-state index contributed by atoms with van der Waals surface area (Å²) in [7, 11) is -3.61. The van der Waals surface area contributed by atoms with Gasteiger partial charge >= 0.3 is 12.1 Å². The monoisotopic (exact) mass is 288 g/mol. The minimum absolute atomic E-state index is 0.231. The fourth-order valence-electron chi connectivity index (χ4n) is 1.90. The molecule has 18 heavy (non-hydrogen) atoms. The van der Waals surface area contributed by atoms with Crippen molar-refractivity contribution in [3.63, 3.8) is 0 Å². The van der Waals surface area contributed by atoms with Crippen molar-refractivity contribution in [2.24, 2.45) is 5.41 Å². The Labute approximate surface area is 103 Å². The molecule has 0 aromatic carbocycles. The predicted octanol–water partition coefficient (Wildman–Crippen LogP) is 2.00. The summed E-state index contributed by atoms with van der Waals surface area (Å²) < 4.78 is 58.8.